The first-order valence-corrected chi connectivity index (χ1v) is 5.46. The van der Waals surface area contributed by atoms with Crippen molar-refractivity contribution in [2.75, 3.05) is 0 Å². The smallest absolute Gasteiger partial charge is 0.191 e. The van der Waals surface area contributed by atoms with E-state index in [0.29, 0.717) is 10.6 Å². The number of carbonyl (C=O) groups excluding carboxylic acids is 1. The summed E-state index contributed by atoms with van der Waals surface area (Å²) in [7, 11) is 0. The van der Waals surface area contributed by atoms with E-state index in [1.807, 2.05) is 6.92 Å². The Morgan fingerprint density at radius 3 is 2.73 bits per heavy atom. The van der Waals surface area contributed by atoms with Crippen LogP contribution in [-0.2, 0) is 0 Å². The lowest BCUT2D eigenvalue weighted by Crippen LogP contribution is -2.22. The minimum Gasteiger partial charge on any atom is -0.385 e. The third-order valence-electron chi connectivity index (χ3n) is 2.79. The fraction of sp³-hybridized carbons (Fsp3) is 0.417. The Bertz CT molecular complexity index is 397. The second-order valence-corrected chi connectivity index (χ2v) is 4.52. The summed E-state index contributed by atoms with van der Waals surface area (Å²) in [6.07, 6.45) is 1.06. The number of Topliss-reactive ketones (excluding diaryl/α,β-unsaturated/α-hetero) is 1. The lowest BCUT2D eigenvalue weighted by molar-refractivity contribution is 0.0704. The third kappa shape index (κ3) is 2.21. The number of carbonyl (C=O) groups is 1. The quantitative estimate of drug-likeness (QED) is 0.802. The van der Waals surface area contributed by atoms with Gasteiger partial charge in [0.05, 0.1) is 0 Å². The van der Waals surface area contributed by atoms with Crippen LogP contribution in [0.5, 0.6) is 0 Å². The van der Waals surface area contributed by atoms with Crippen LogP contribution in [0.25, 0.3) is 0 Å². The summed E-state index contributed by atoms with van der Waals surface area (Å²) < 4.78 is 0. The summed E-state index contributed by atoms with van der Waals surface area (Å²) in [5.41, 5.74) is 1.44. The van der Waals surface area contributed by atoms with Crippen LogP contribution in [0.15, 0.2) is 18.2 Å². The van der Waals surface area contributed by atoms with Crippen molar-refractivity contribution < 1.29 is 9.90 Å². The number of aryl methyl sites for hydroxylation is 1. The molecule has 0 aromatic heterocycles. The number of hydrogen-bond donors (Lipinski definition) is 1. The molecular formula is C12H13ClO2. The van der Waals surface area contributed by atoms with Crippen molar-refractivity contribution >= 4 is 17.4 Å². The van der Waals surface area contributed by atoms with E-state index in [9.17, 15) is 9.90 Å². The maximum absolute atomic E-state index is 11.8. The topological polar surface area (TPSA) is 37.3 Å². The number of rotatable bonds is 3. The van der Waals surface area contributed by atoms with E-state index < -0.39 is 6.10 Å². The Morgan fingerprint density at radius 2 is 2.20 bits per heavy atom. The van der Waals surface area contributed by atoms with E-state index in [1.54, 1.807) is 18.2 Å². The predicted octanol–water partition coefficient (Wildman–Crippen LogP) is 2.60. The molecule has 0 bridgehead atoms. The Morgan fingerprint density at radius 1 is 1.53 bits per heavy atom. The summed E-state index contributed by atoms with van der Waals surface area (Å²) in [5, 5.41) is 10.3. The average molecular weight is 225 g/mol. The Hall–Kier alpha value is -0.860. The molecule has 2 rings (SSSR count). The van der Waals surface area contributed by atoms with Gasteiger partial charge >= 0.3 is 0 Å². The molecule has 0 heterocycles. The zero-order valence-corrected chi connectivity index (χ0v) is 9.29. The molecule has 0 spiro atoms. The zero-order valence-electron chi connectivity index (χ0n) is 8.53. The zero-order chi connectivity index (χ0) is 11.0. The maximum atomic E-state index is 11.8. The minimum atomic E-state index is -0.844. The highest BCUT2D eigenvalue weighted by molar-refractivity contribution is 6.31. The number of benzene rings is 1. The molecule has 1 atom stereocenters. The molecule has 0 aliphatic heterocycles. The Kier molecular flexibility index (Phi) is 2.81. The normalized spacial score (nSPS) is 17.5. The molecule has 0 amide bonds. The van der Waals surface area contributed by atoms with E-state index in [4.69, 9.17) is 11.6 Å². The number of halogens is 1. The SMILES string of the molecule is Cc1ccc(C(=O)C(O)C2CC2)cc1Cl. The molecule has 1 aliphatic rings. The van der Waals surface area contributed by atoms with E-state index >= 15 is 0 Å². The molecule has 1 saturated carbocycles. The van der Waals surface area contributed by atoms with Gasteiger partial charge in [0.15, 0.2) is 5.78 Å². The fourth-order valence-corrected chi connectivity index (χ4v) is 1.72. The van der Waals surface area contributed by atoms with Gasteiger partial charge in [-0.25, -0.2) is 0 Å². The van der Waals surface area contributed by atoms with Gasteiger partial charge in [-0.05, 0) is 37.3 Å². The summed E-state index contributed by atoms with van der Waals surface area (Å²) in [4.78, 5) is 11.8. The molecule has 0 saturated heterocycles. The van der Waals surface area contributed by atoms with Gasteiger partial charge in [-0.3, -0.25) is 4.79 Å². The third-order valence-corrected chi connectivity index (χ3v) is 3.20. The number of aliphatic hydroxyl groups excluding tert-OH is 1. The molecule has 1 N–H and O–H groups in total. The highest BCUT2D eigenvalue weighted by Gasteiger charge is 2.34. The fourth-order valence-electron chi connectivity index (χ4n) is 1.54. The second-order valence-electron chi connectivity index (χ2n) is 4.11. The Balaban J connectivity index is 2.21. The monoisotopic (exact) mass is 224 g/mol. The van der Waals surface area contributed by atoms with Gasteiger partial charge in [0.1, 0.15) is 6.10 Å². The number of hydrogen-bond acceptors (Lipinski definition) is 2. The average Bonchev–Trinajstić information content (AvgIpc) is 3.03. The summed E-state index contributed by atoms with van der Waals surface area (Å²) >= 11 is 5.92. The molecule has 80 valence electrons. The number of ketones is 1. The Labute approximate surface area is 93.9 Å². The van der Waals surface area contributed by atoms with Crippen LogP contribution in [-0.4, -0.2) is 17.0 Å². The van der Waals surface area contributed by atoms with Gasteiger partial charge in [0.25, 0.3) is 0 Å². The largest absolute Gasteiger partial charge is 0.385 e. The van der Waals surface area contributed by atoms with Crippen molar-refractivity contribution in [3.63, 3.8) is 0 Å². The predicted molar refractivity (Wildman–Crippen MR) is 59.3 cm³/mol. The van der Waals surface area contributed by atoms with Crippen LogP contribution in [0.4, 0.5) is 0 Å². The van der Waals surface area contributed by atoms with Gasteiger partial charge in [0, 0.05) is 10.6 Å². The van der Waals surface area contributed by atoms with Crippen LogP contribution in [0.3, 0.4) is 0 Å². The van der Waals surface area contributed by atoms with Crippen molar-refractivity contribution in [2.45, 2.75) is 25.9 Å². The molecule has 1 aliphatic carbocycles. The van der Waals surface area contributed by atoms with Gasteiger partial charge in [-0.2, -0.15) is 0 Å². The van der Waals surface area contributed by atoms with Crippen LogP contribution in [0.2, 0.25) is 5.02 Å². The number of aliphatic hydroxyl groups is 1. The first kappa shape index (κ1) is 10.7. The van der Waals surface area contributed by atoms with Crippen LogP contribution in [0, 0.1) is 12.8 Å². The van der Waals surface area contributed by atoms with Gasteiger partial charge in [0.2, 0.25) is 0 Å². The van der Waals surface area contributed by atoms with Crippen molar-refractivity contribution in [1.82, 2.24) is 0 Å². The minimum absolute atomic E-state index is 0.164. The lowest BCUT2D eigenvalue weighted by Gasteiger charge is -2.08. The van der Waals surface area contributed by atoms with E-state index in [-0.39, 0.29) is 11.7 Å². The van der Waals surface area contributed by atoms with Gasteiger partial charge < -0.3 is 5.11 Å². The second kappa shape index (κ2) is 3.95. The summed E-state index contributed by atoms with van der Waals surface area (Å²) in [5.74, 6) is -0.0445. The molecule has 3 heteroatoms. The van der Waals surface area contributed by atoms with Crippen LogP contribution >= 0.6 is 11.6 Å². The molecule has 0 radical (unpaired) electrons. The van der Waals surface area contributed by atoms with Crippen molar-refractivity contribution in [3.8, 4) is 0 Å². The molecule has 1 fully saturated rings. The highest BCUT2D eigenvalue weighted by Crippen LogP contribution is 2.34. The highest BCUT2D eigenvalue weighted by atomic mass is 35.5. The van der Waals surface area contributed by atoms with Crippen molar-refractivity contribution in [1.29, 1.82) is 0 Å². The molecule has 1 aromatic rings. The van der Waals surface area contributed by atoms with E-state index in [1.165, 1.54) is 0 Å². The molecule has 1 aromatic carbocycles. The first-order chi connectivity index (χ1) is 7.09. The summed E-state index contributed by atoms with van der Waals surface area (Å²) in [6, 6.07) is 5.15. The van der Waals surface area contributed by atoms with Crippen molar-refractivity contribution in [3.05, 3.63) is 34.3 Å². The molecule has 1 unspecified atom stereocenters. The molecule has 15 heavy (non-hydrogen) atoms. The van der Waals surface area contributed by atoms with Gasteiger partial charge in [-0.1, -0.05) is 23.7 Å². The van der Waals surface area contributed by atoms with Crippen molar-refractivity contribution in [2.24, 2.45) is 5.92 Å². The maximum Gasteiger partial charge on any atom is 0.191 e. The first-order valence-electron chi connectivity index (χ1n) is 5.08. The molecular weight excluding hydrogens is 212 g/mol. The standard InChI is InChI=1S/C12H13ClO2/c1-7-2-3-9(6-10(7)13)12(15)11(14)8-4-5-8/h2-3,6,8,11,14H,4-5H2,1H3. The van der Waals surface area contributed by atoms with Gasteiger partial charge in [-0.15, -0.1) is 0 Å². The summed E-state index contributed by atoms with van der Waals surface area (Å²) in [6.45, 7) is 1.88. The van der Waals surface area contributed by atoms with Crippen LogP contribution < -0.4 is 0 Å². The molecule has 2 nitrogen and oxygen atoms in total. The van der Waals surface area contributed by atoms with Crippen LogP contribution in [0.1, 0.15) is 28.8 Å². The van der Waals surface area contributed by atoms with E-state index in [2.05, 4.69) is 0 Å². The lowest BCUT2D eigenvalue weighted by atomic mass is 10.0. The van der Waals surface area contributed by atoms with E-state index in [0.717, 1.165) is 18.4 Å².